The Morgan fingerprint density at radius 1 is 1.10 bits per heavy atom. The van der Waals surface area contributed by atoms with Crippen LogP contribution in [0.1, 0.15) is 66.0 Å². The fourth-order valence-corrected chi connectivity index (χ4v) is 8.32. The maximum Gasteiger partial charge on any atom is 0.302 e. The third-order valence-corrected chi connectivity index (χ3v) is 10.4. The van der Waals surface area contributed by atoms with Gasteiger partial charge in [0.2, 0.25) is 0 Å². The zero-order chi connectivity index (χ0) is 35.0. The molecule has 0 unspecified atom stereocenters. The summed E-state index contributed by atoms with van der Waals surface area (Å²) in [6.07, 6.45) is 5.55. The maximum atomic E-state index is 12.1. The van der Waals surface area contributed by atoms with Crippen molar-refractivity contribution in [2.45, 2.75) is 56.5 Å². The summed E-state index contributed by atoms with van der Waals surface area (Å²) in [6.45, 7) is 1.93. The van der Waals surface area contributed by atoms with E-state index in [4.69, 9.17) is 24.7 Å². The van der Waals surface area contributed by atoms with Crippen LogP contribution in [0.3, 0.4) is 0 Å². The molecule has 2 heterocycles. The zero-order valence-electron chi connectivity index (χ0n) is 28.3. The van der Waals surface area contributed by atoms with Gasteiger partial charge in [0.05, 0.1) is 5.92 Å². The van der Waals surface area contributed by atoms with Crippen molar-refractivity contribution in [2.24, 2.45) is 5.92 Å². The number of aromatic hydroxyl groups is 2. The van der Waals surface area contributed by atoms with Crippen LogP contribution in [0.2, 0.25) is 0 Å². The zero-order valence-corrected chi connectivity index (χ0v) is 28.3. The van der Waals surface area contributed by atoms with Gasteiger partial charge in [-0.25, -0.2) is 4.98 Å². The largest absolute Gasteiger partial charge is 0.508 e. The number of nitrogen functional groups attached to an aromatic ring is 1. The molecule has 0 saturated heterocycles. The Morgan fingerprint density at radius 3 is 2.72 bits per heavy atom. The van der Waals surface area contributed by atoms with Crippen LogP contribution in [-0.4, -0.2) is 59.9 Å². The molecule has 7 rings (SSSR count). The van der Waals surface area contributed by atoms with Crippen LogP contribution in [0.4, 0.5) is 5.82 Å². The van der Waals surface area contributed by atoms with Gasteiger partial charge >= 0.3 is 5.97 Å². The van der Waals surface area contributed by atoms with Gasteiger partial charge in [-0.15, -0.1) is 0 Å². The summed E-state index contributed by atoms with van der Waals surface area (Å²) >= 11 is 0. The van der Waals surface area contributed by atoms with E-state index >= 15 is 0 Å². The van der Waals surface area contributed by atoms with Crippen LogP contribution in [0.5, 0.6) is 28.7 Å². The number of carbonyl (C=O) groups excluding carboxylic acids is 1. The monoisotopic (exact) mass is 681 g/mol. The lowest BCUT2D eigenvalue weighted by atomic mass is 9.65. The first kappa shape index (κ1) is 33.5. The van der Waals surface area contributed by atoms with Crippen molar-refractivity contribution in [1.82, 2.24) is 10.3 Å². The van der Waals surface area contributed by atoms with Gasteiger partial charge < -0.3 is 45.3 Å². The number of phenolic OH excluding ortho intramolecular Hbond substituents is 2. The molecule has 50 heavy (non-hydrogen) atoms. The van der Waals surface area contributed by atoms with Gasteiger partial charge in [0.15, 0.2) is 18.3 Å². The average Bonchev–Trinajstić information content (AvgIpc) is 3.66. The third kappa shape index (κ3) is 6.27. The molecule has 4 aromatic rings. The first-order valence-electron chi connectivity index (χ1n) is 17.1. The number of aromatic nitrogens is 1. The number of rotatable bonds is 11. The van der Waals surface area contributed by atoms with Crippen LogP contribution in [0, 0.1) is 5.92 Å². The lowest BCUT2D eigenvalue weighted by molar-refractivity contribution is -0.141. The van der Waals surface area contributed by atoms with Crippen molar-refractivity contribution >= 4 is 11.8 Å². The number of likely N-dealkylation sites (N-methyl/N-ethyl adjacent to an activating group) is 1. The van der Waals surface area contributed by atoms with Crippen LogP contribution >= 0.6 is 0 Å². The van der Waals surface area contributed by atoms with Crippen LogP contribution in [0.25, 0.3) is 11.1 Å². The van der Waals surface area contributed by atoms with E-state index in [1.54, 1.807) is 18.2 Å². The number of hydrogen-bond acceptors (Lipinski definition) is 11. The van der Waals surface area contributed by atoms with Gasteiger partial charge in [-0.1, -0.05) is 24.3 Å². The summed E-state index contributed by atoms with van der Waals surface area (Å²) in [5.74, 6) is 1.73. The molecule has 3 aliphatic rings. The first-order chi connectivity index (χ1) is 24.2. The highest BCUT2D eigenvalue weighted by atomic mass is 16.6. The highest BCUT2D eigenvalue weighted by molar-refractivity contribution is 5.84. The predicted molar refractivity (Wildman–Crippen MR) is 187 cm³/mol. The molecule has 0 bridgehead atoms. The minimum Gasteiger partial charge on any atom is -0.508 e. The molecule has 11 nitrogen and oxygen atoms in total. The first-order valence-corrected chi connectivity index (χ1v) is 17.1. The molecule has 6 N–H and O–H groups in total. The number of ether oxygens (including phenoxy) is 4. The number of benzene rings is 3. The SMILES string of the molecule is CNCCOc1cc([C@H]2Oc3c(ccc4c3[C@@]3(CC[C@@H](Cc5ccc(N)nc5)C3)Cc3cc(O)cc(OCO)c3-4)[C@@H]2COC(C)=O)ccc1O. The van der Waals surface area contributed by atoms with E-state index < -0.39 is 12.9 Å². The molecule has 1 saturated carbocycles. The molecular weight excluding hydrogens is 638 g/mol. The Balaban J connectivity index is 1.35. The summed E-state index contributed by atoms with van der Waals surface area (Å²) in [4.78, 5) is 16.4. The molecule has 262 valence electrons. The summed E-state index contributed by atoms with van der Waals surface area (Å²) in [6, 6.07) is 16.5. The number of pyridine rings is 1. The van der Waals surface area contributed by atoms with Crippen LogP contribution in [-0.2, 0) is 27.8 Å². The molecule has 0 radical (unpaired) electrons. The molecule has 1 fully saturated rings. The van der Waals surface area contributed by atoms with E-state index in [9.17, 15) is 20.1 Å². The normalized spacial score (nSPS) is 21.6. The van der Waals surface area contributed by atoms with Gasteiger partial charge in [-0.3, -0.25) is 4.79 Å². The average molecular weight is 682 g/mol. The lowest BCUT2D eigenvalue weighted by Gasteiger charge is -2.39. The van der Waals surface area contributed by atoms with Crippen molar-refractivity contribution in [3.8, 4) is 39.9 Å². The molecule has 4 atom stereocenters. The van der Waals surface area contributed by atoms with E-state index in [0.717, 1.165) is 70.4 Å². The van der Waals surface area contributed by atoms with Crippen molar-refractivity contribution < 1.29 is 39.1 Å². The number of nitrogens with two attached hydrogens (primary N) is 1. The van der Waals surface area contributed by atoms with Gasteiger partial charge in [0, 0.05) is 47.8 Å². The van der Waals surface area contributed by atoms with E-state index in [0.29, 0.717) is 42.8 Å². The maximum absolute atomic E-state index is 12.1. The summed E-state index contributed by atoms with van der Waals surface area (Å²) < 4.78 is 24.3. The van der Waals surface area contributed by atoms with Crippen molar-refractivity contribution in [3.05, 3.63) is 88.6 Å². The van der Waals surface area contributed by atoms with Crippen LogP contribution < -0.4 is 25.3 Å². The topological polar surface area (TPSA) is 166 Å². The van der Waals surface area contributed by atoms with E-state index in [1.165, 1.54) is 13.0 Å². The molecular formula is C39H43N3O8. The summed E-state index contributed by atoms with van der Waals surface area (Å²) in [5, 5.41) is 34.2. The number of nitrogens with one attached hydrogen (secondary N) is 1. The minimum atomic E-state index is -0.540. The van der Waals surface area contributed by atoms with E-state index in [1.807, 2.05) is 37.5 Å². The van der Waals surface area contributed by atoms with Crippen molar-refractivity contribution in [2.75, 3.05) is 39.3 Å². The fourth-order valence-electron chi connectivity index (χ4n) is 8.32. The predicted octanol–water partition coefficient (Wildman–Crippen LogP) is 5.29. The Labute approximate surface area is 291 Å². The molecule has 1 aromatic heterocycles. The lowest BCUT2D eigenvalue weighted by Crippen LogP contribution is -2.31. The number of anilines is 1. The minimum absolute atomic E-state index is 0.0257. The molecule has 11 heteroatoms. The standard InChI is InChI=1S/C39H43N3O8/c1-22(44)48-20-30-28-5-6-29-35-26(14-27(45)16-33(35)49-21-43)18-39(10-9-23(17-39)13-24-3-8-34(40)42-19-24)36(29)38(28)50-37(30)25-4-7-31(46)32(15-25)47-12-11-41-2/h3-8,14-16,19,23,30,37,41,43,45-46H,9-13,17-18,20-21H2,1-2H3,(H2,40,42)/t23-,30-,37+,39+/m0/s1. The highest BCUT2D eigenvalue weighted by Gasteiger charge is 2.50. The summed E-state index contributed by atoms with van der Waals surface area (Å²) in [7, 11) is 1.83. The van der Waals surface area contributed by atoms with Crippen LogP contribution in [0.15, 0.2) is 60.8 Å². The van der Waals surface area contributed by atoms with Gasteiger partial charge in [-0.05, 0) is 91.6 Å². The number of aliphatic hydroxyl groups is 1. The van der Waals surface area contributed by atoms with Gasteiger partial charge in [0.1, 0.15) is 42.4 Å². The Hall–Kier alpha value is -5.00. The highest BCUT2D eigenvalue weighted by Crippen LogP contribution is 2.62. The second-order valence-corrected chi connectivity index (χ2v) is 13.6. The van der Waals surface area contributed by atoms with Crippen molar-refractivity contribution in [1.29, 1.82) is 0 Å². The number of carbonyl (C=O) groups is 1. The second-order valence-electron chi connectivity index (χ2n) is 13.6. The third-order valence-electron chi connectivity index (χ3n) is 10.4. The number of hydrogen-bond donors (Lipinski definition) is 5. The van der Waals surface area contributed by atoms with E-state index in [-0.39, 0.29) is 35.4 Å². The molecule has 1 aliphatic heterocycles. The molecule has 3 aromatic carbocycles. The fraction of sp³-hybridized carbons (Fsp3) is 0.385. The molecule has 2 aliphatic carbocycles. The molecule has 1 spiro atoms. The second kappa shape index (κ2) is 13.7. The smallest absolute Gasteiger partial charge is 0.302 e. The number of nitrogens with zero attached hydrogens (tertiary/aromatic N) is 1. The van der Waals surface area contributed by atoms with E-state index in [2.05, 4.69) is 16.4 Å². The van der Waals surface area contributed by atoms with Crippen molar-refractivity contribution in [3.63, 3.8) is 0 Å². The van der Waals surface area contributed by atoms with Gasteiger partial charge in [-0.2, -0.15) is 0 Å². The quantitative estimate of drug-likeness (QED) is 0.0794. The Bertz CT molecular complexity index is 1900. The summed E-state index contributed by atoms with van der Waals surface area (Å²) in [5.41, 5.74) is 12.1. The molecule has 0 amide bonds. The number of phenols is 2. The number of esters is 1. The Morgan fingerprint density at radius 2 is 1.96 bits per heavy atom. The Kier molecular flexibility index (Phi) is 9.19. The number of fused-ring (bicyclic) bond motifs is 6. The number of aliphatic hydroxyl groups excluding tert-OH is 1. The van der Waals surface area contributed by atoms with Gasteiger partial charge in [0.25, 0.3) is 0 Å².